The topological polar surface area (TPSA) is 91.0 Å². The minimum absolute atomic E-state index is 0.0974. The lowest BCUT2D eigenvalue weighted by Gasteiger charge is -2.23. The summed E-state index contributed by atoms with van der Waals surface area (Å²) in [4.78, 5) is 30.4. The highest BCUT2D eigenvalue weighted by Crippen LogP contribution is 2.54. The Balaban J connectivity index is 1.32. The lowest BCUT2D eigenvalue weighted by Crippen LogP contribution is -2.48. The van der Waals surface area contributed by atoms with Crippen LogP contribution in [0.4, 0.5) is 5.69 Å². The highest BCUT2D eigenvalue weighted by molar-refractivity contribution is 6.03. The lowest BCUT2D eigenvalue weighted by molar-refractivity contribution is -0.120. The molecule has 1 saturated carbocycles. The van der Waals surface area contributed by atoms with Crippen LogP contribution in [-0.4, -0.2) is 40.1 Å². The molecule has 1 fully saturated rings. The van der Waals surface area contributed by atoms with Crippen LogP contribution in [0.25, 0.3) is 0 Å². The van der Waals surface area contributed by atoms with Crippen LogP contribution in [0.5, 0.6) is 0 Å². The first-order chi connectivity index (χ1) is 14.1. The molecule has 1 aromatic heterocycles. The Morgan fingerprint density at radius 2 is 1.90 bits per heavy atom. The first-order valence-electron chi connectivity index (χ1n) is 9.74. The molecule has 0 bridgehead atoms. The van der Waals surface area contributed by atoms with Gasteiger partial charge in [-0.15, -0.1) is 10.2 Å². The van der Waals surface area contributed by atoms with Crippen LogP contribution >= 0.6 is 0 Å². The molecule has 2 heterocycles. The number of nitrogens with one attached hydrogen (secondary N) is 2. The number of para-hydroxylation sites is 1. The van der Waals surface area contributed by atoms with Gasteiger partial charge in [0.05, 0.1) is 0 Å². The van der Waals surface area contributed by atoms with Crippen LogP contribution in [0, 0.1) is 5.92 Å². The number of hydrogen-bond acceptors (Lipinski definition) is 4. The number of anilines is 1. The first kappa shape index (κ1) is 17.6. The summed E-state index contributed by atoms with van der Waals surface area (Å²) < 4.78 is 0. The summed E-state index contributed by atoms with van der Waals surface area (Å²) in [6, 6.07) is 17.2. The van der Waals surface area contributed by atoms with Crippen molar-refractivity contribution in [1.82, 2.24) is 20.5 Å². The number of carbonyl (C=O) groups excluding carboxylic acids is 2. The fraction of sp³-hybridized carbons (Fsp3) is 0.273. The molecule has 1 aliphatic heterocycles. The molecule has 2 N–H and O–H groups in total. The van der Waals surface area contributed by atoms with Gasteiger partial charge in [-0.05, 0) is 35.4 Å². The molecule has 0 unspecified atom stereocenters. The summed E-state index contributed by atoms with van der Waals surface area (Å²) in [5.74, 6) is 0.658. The normalized spacial score (nSPS) is 22.4. The number of hydrogen-bond donors (Lipinski definition) is 2. The van der Waals surface area contributed by atoms with E-state index in [9.17, 15) is 9.59 Å². The average molecular weight is 387 g/mol. The molecule has 2 amide bonds. The third kappa shape index (κ3) is 3.18. The number of carbonyl (C=O) groups is 2. The summed E-state index contributed by atoms with van der Waals surface area (Å²) in [6.45, 7) is 0. The predicted molar refractivity (Wildman–Crippen MR) is 108 cm³/mol. The standard InChI is InChI=1S/C22H21N5O2/c1-27-17-10-6-5-9-14(17)15-12-16(15)19(22(27)29)24-21(28)20-23-18(25-26-20)11-13-7-3-2-4-8-13/h2-10,15-16,19H,11-12H2,1H3,(H,24,28)(H,23,25,26)/t15-,16-,19-/m1/s1. The Morgan fingerprint density at radius 1 is 1.14 bits per heavy atom. The Bertz CT molecular complexity index is 1080. The van der Waals surface area contributed by atoms with E-state index in [0.717, 1.165) is 17.7 Å². The molecule has 7 nitrogen and oxygen atoms in total. The van der Waals surface area contributed by atoms with Gasteiger partial charge in [0.15, 0.2) is 0 Å². The molecule has 2 aliphatic rings. The van der Waals surface area contributed by atoms with E-state index in [0.29, 0.717) is 18.2 Å². The Kier molecular flexibility index (Phi) is 4.16. The van der Waals surface area contributed by atoms with Crippen molar-refractivity contribution < 1.29 is 9.59 Å². The van der Waals surface area contributed by atoms with Crippen LogP contribution in [-0.2, 0) is 11.2 Å². The zero-order valence-electron chi connectivity index (χ0n) is 16.0. The van der Waals surface area contributed by atoms with Gasteiger partial charge in [0.2, 0.25) is 11.7 Å². The van der Waals surface area contributed by atoms with Crippen molar-refractivity contribution in [2.24, 2.45) is 5.92 Å². The zero-order chi connectivity index (χ0) is 20.0. The van der Waals surface area contributed by atoms with E-state index >= 15 is 0 Å². The zero-order valence-corrected chi connectivity index (χ0v) is 16.0. The van der Waals surface area contributed by atoms with E-state index in [-0.39, 0.29) is 17.6 Å². The van der Waals surface area contributed by atoms with Crippen molar-refractivity contribution in [3.63, 3.8) is 0 Å². The maximum Gasteiger partial charge on any atom is 0.289 e. The van der Waals surface area contributed by atoms with Crippen LogP contribution in [0.1, 0.15) is 39.9 Å². The van der Waals surface area contributed by atoms with Crippen molar-refractivity contribution in [2.75, 3.05) is 11.9 Å². The van der Waals surface area contributed by atoms with E-state index < -0.39 is 11.9 Å². The van der Waals surface area contributed by atoms with E-state index in [2.05, 4.69) is 26.6 Å². The van der Waals surface area contributed by atoms with E-state index in [1.54, 1.807) is 11.9 Å². The third-order valence-electron chi connectivity index (χ3n) is 5.81. The maximum absolute atomic E-state index is 13.0. The van der Waals surface area contributed by atoms with Crippen LogP contribution in [0.15, 0.2) is 54.6 Å². The van der Waals surface area contributed by atoms with Crippen LogP contribution in [0.3, 0.4) is 0 Å². The molecule has 0 saturated heterocycles. The summed E-state index contributed by atoms with van der Waals surface area (Å²) in [7, 11) is 1.76. The van der Waals surface area contributed by atoms with Gasteiger partial charge in [-0.2, -0.15) is 0 Å². The van der Waals surface area contributed by atoms with Crippen molar-refractivity contribution in [3.05, 3.63) is 77.4 Å². The minimum atomic E-state index is -0.562. The number of benzene rings is 2. The Labute approximate surface area is 168 Å². The number of fused-ring (bicyclic) bond motifs is 3. The van der Waals surface area contributed by atoms with Crippen molar-refractivity contribution in [2.45, 2.75) is 24.8 Å². The molecule has 29 heavy (non-hydrogen) atoms. The highest BCUT2D eigenvalue weighted by Gasteiger charge is 2.51. The largest absolute Gasteiger partial charge is 0.337 e. The third-order valence-corrected chi connectivity index (χ3v) is 5.81. The number of amides is 2. The second kappa shape index (κ2) is 6.84. The van der Waals surface area contributed by atoms with Gasteiger partial charge < -0.3 is 15.2 Å². The van der Waals surface area contributed by atoms with Gasteiger partial charge in [0.25, 0.3) is 5.91 Å². The summed E-state index contributed by atoms with van der Waals surface area (Å²) in [6.07, 6.45) is 1.46. The van der Waals surface area contributed by atoms with Crippen LogP contribution < -0.4 is 10.2 Å². The molecule has 7 heteroatoms. The van der Waals surface area contributed by atoms with E-state index in [1.165, 1.54) is 5.56 Å². The fourth-order valence-corrected chi connectivity index (χ4v) is 4.20. The number of aromatic nitrogens is 3. The van der Waals surface area contributed by atoms with Gasteiger partial charge >= 0.3 is 0 Å². The van der Waals surface area contributed by atoms with E-state index in [4.69, 9.17) is 0 Å². The number of aromatic amines is 1. The lowest BCUT2D eigenvalue weighted by atomic mass is 10.1. The van der Waals surface area contributed by atoms with Gasteiger partial charge in [-0.1, -0.05) is 48.5 Å². The summed E-state index contributed by atoms with van der Waals surface area (Å²) in [5, 5.41) is 11.0. The Morgan fingerprint density at radius 3 is 2.72 bits per heavy atom. The van der Waals surface area contributed by atoms with Crippen molar-refractivity contribution in [3.8, 4) is 0 Å². The number of nitrogens with zero attached hydrogens (tertiary/aromatic N) is 3. The SMILES string of the molecule is CN1C(=O)[C@H](NC(=O)c2nnc(Cc3ccccc3)[nH]2)[C@@H]2C[C@@H]2c2ccccc21. The second-order valence-electron chi connectivity index (χ2n) is 7.70. The average Bonchev–Trinajstić information content (AvgIpc) is 3.41. The minimum Gasteiger partial charge on any atom is -0.337 e. The Hall–Kier alpha value is -3.48. The van der Waals surface area contributed by atoms with Gasteiger partial charge in [0, 0.05) is 19.2 Å². The molecule has 2 aromatic carbocycles. The summed E-state index contributed by atoms with van der Waals surface area (Å²) >= 11 is 0. The molecule has 3 atom stereocenters. The molecule has 3 aromatic rings. The van der Waals surface area contributed by atoms with Crippen molar-refractivity contribution >= 4 is 17.5 Å². The van der Waals surface area contributed by atoms with Gasteiger partial charge in [-0.25, -0.2) is 0 Å². The van der Waals surface area contributed by atoms with Gasteiger partial charge in [0.1, 0.15) is 11.9 Å². The molecular formula is C22H21N5O2. The van der Waals surface area contributed by atoms with Crippen LogP contribution in [0.2, 0.25) is 0 Å². The highest BCUT2D eigenvalue weighted by atomic mass is 16.2. The summed E-state index contributed by atoms with van der Waals surface area (Å²) in [5.41, 5.74) is 3.18. The molecule has 146 valence electrons. The fourth-order valence-electron chi connectivity index (χ4n) is 4.20. The number of H-pyrrole nitrogens is 1. The monoisotopic (exact) mass is 387 g/mol. The molecule has 1 aliphatic carbocycles. The smallest absolute Gasteiger partial charge is 0.289 e. The van der Waals surface area contributed by atoms with E-state index in [1.807, 2.05) is 48.5 Å². The van der Waals surface area contributed by atoms with Gasteiger partial charge in [-0.3, -0.25) is 9.59 Å². The quantitative estimate of drug-likeness (QED) is 0.719. The first-order valence-corrected chi connectivity index (χ1v) is 9.74. The molecule has 5 rings (SSSR count). The molecular weight excluding hydrogens is 366 g/mol. The maximum atomic E-state index is 13.0. The number of likely N-dealkylation sites (N-methyl/N-ethyl adjacent to an activating group) is 1. The second-order valence-corrected chi connectivity index (χ2v) is 7.70. The number of rotatable bonds is 4. The molecule has 0 radical (unpaired) electrons. The molecule has 0 spiro atoms. The van der Waals surface area contributed by atoms with Crippen molar-refractivity contribution in [1.29, 1.82) is 0 Å². The predicted octanol–water partition coefficient (Wildman–Crippen LogP) is 2.27.